The summed E-state index contributed by atoms with van der Waals surface area (Å²) in [5.74, 6) is -1.07. The molecule has 8 nitrogen and oxygen atoms in total. The molecule has 0 saturated carbocycles. The number of anilines is 1. The Morgan fingerprint density at radius 3 is 2.62 bits per heavy atom. The summed E-state index contributed by atoms with van der Waals surface area (Å²) in [5, 5.41) is 0.162. The Morgan fingerprint density at radius 1 is 1.38 bits per heavy atom. The number of benzene rings is 1. The number of nitrogen functional groups attached to an aromatic ring is 1. The lowest BCUT2D eigenvalue weighted by molar-refractivity contribution is -0.136. The largest absolute Gasteiger partial charge is 0.496 e. The van der Waals surface area contributed by atoms with Gasteiger partial charge in [-0.2, -0.15) is 0 Å². The minimum absolute atomic E-state index is 0.0472. The molecule has 1 heterocycles. The molecule has 1 aromatic carbocycles. The lowest BCUT2D eigenvalue weighted by Crippen LogP contribution is -2.43. The van der Waals surface area contributed by atoms with Gasteiger partial charge in [0.2, 0.25) is 0 Å². The van der Waals surface area contributed by atoms with E-state index < -0.39 is 34.4 Å². The van der Waals surface area contributed by atoms with Gasteiger partial charge in [-0.15, -0.1) is 0 Å². The monoisotopic (exact) mass is 404 g/mol. The lowest BCUT2D eigenvalue weighted by Gasteiger charge is -2.26. The summed E-state index contributed by atoms with van der Waals surface area (Å²) >= 11 is 5.91. The van der Waals surface area contributed by atoms with Crippen LogP contribution >= 0.6 is 11.6 Å². The Labute approximate surface area is 157 Å². The van der Waals surface area contributed by atoms with E-state index in [4.69, 9.17) is 26.8 Å². The fourth-order valence-electron chi connectivity index (χ4n) is 2.84. The summed E-state index contributed by atoms with van der Waals surface area (Å²) in [4.78, 5) is 26.0. The number of hydrogen-bond donors (Lipinski definition) is 1. The van der Waals surface area contributed by atoms with Gasteiger partial charge in [-0.25, -0.2) is 13.2 Å². The molecule has 0 spiro atoms. The van der Waals surface area contributed by atoms with Crippen molar-refractivity contribution in [2.75, 3.05) is 37.5 Å². The Morgan fingerprint density at radius 2 is 2.08 bits per heavy atom. The topological polar surface area (TPSA) is 116 Å². The van der Waals surface area contributed by atoms with E-state index in [0.29, 0.717) is 13.0 Å². The molecule has 1 aromatic rings. The zero-order valence-corrected chi connectivity index (χ0v) is 16.1. The van der Waals surface area contributed by atoms with Crippen LogP contribution in [0.1, 0.15) is 23.7 Å². The molecule has 26 heavy (non-hydrogen) atoms. The predicted octanol–water partition coefficient (Wildman–Crippen LogP) is 1.12. The van der Waals surface area contributed by atoms with E-state index in [2.05, 4.69) is 0 Å². The number of amides is 1. The Kier molecular flexibility index (Phi) is 6.35. The predicted molar refractivity (Wildman–Crippen MR) is 97.1 cm³/mol. The summed E-state index contributed by atoms with van der Waals surface area (Å²) in [6, 6.07) is 2.31. The SMILES string of the molecule is CCN(C(=O)COC(=O)c1cc(Cl)c(N)cc1OC)[C@H]1CCS(=O)(=O)C1. The number of carbonyl (C=O) groups is 2. The second-order valence-electron chi connectivity index (χ2n) is 5.89. The van der Waals surface area contributed by atoms with Crippen LogP contribution < -0.4 is 10.5 Å². The van der Waals surface area contributed by atoms with Gasteiger partial charge in [0.1, 0.15) is 11.3 Å². The van der Waals surface area contributed by atoms with Crippen LogP contribution in [0.3, 0.4) is 0 Å². The minimum atomic E-state index is -3.12. The molecule has 0 aromatic heterocycles. The molecule has 1 atom stereocenters. The van der Waals surface area contributed by atoms with E-state index in [9.17, 15) is 18.0 Å². The van der Waals surface area contributed by atoms with Crippen LogP contribution in [-0.4, -0.2) is 63.0 Å². The zero-order chi connectivity index (χ0) is 19.5. The number of ether oxygens (including phenoxy) is 2. The highest BCUT2D eigenvalue weighted by Crippen LogP contribution is 2.29. The third-order valence-electron chi connectivity index (χ3n) is 4.18. The third-order valence-corrected chi connectivity index (χ3v) is 6.25. The molecule has 10 heteroatoms. The van der Waals surface area contributed by atoms with E-state index in [1.807, 2.05) is 0 Å². The van der Waals surface area contributed by atoms with E-state index in [-0.39, 0.29) is 33.5 Å². The maximum atomic E-state index is 12.4. The average molecular weight is 405 g/mol. The highest BCUT2D eigenvalue weighted by atomic mass is 35.5. The number of sulfone groups is 1. The number of halogens is 1. The summed E-state index contributed by atoms with van der Waals surface area (Å²) < 4.78 is 33.4. The average Bonchev–Trinajstić information content (AvgIpc) is 2.94. The normalized spacial score (nSPS) is 18.3. The molecule has 0 radical (unpaired) electrons. The Hall–Kier alpha value is -2.00. The molecular weight excluding hydrogens is 384 g/mol. The quantitative estimate of drug-likeness (QED) is 0.557. The summed E-state index contributed by atoms with van der Waals surface area (Å²) in [6.45, 7) is 1.56. The number of methoxy groups -OCH3 is 1. The molecule has 0 bridgehead atoms. The maximum Gasteiger partial charge on any atom is 0.342 e. The van der Waals surface area contributed by atoms with Crippen LogP contribution in [0, 0.1) is 0 Å². The van der Waals surface area contributed by atoms with Crippen LogP contribution in [0.5, 0.6) is 5.75 Å². The molecule has 1 aliphatic heterocycles. The molecular formula is C16H21ClN2O6S. The molecule has 2 N–H and O–H groups in total. The second-order valence-corrected chi connectivity index (χ2v) is 8.52. The van der Waals surface area contributed by atoms with Crippen molar-refractivity contribution in [2.45, 2.75) is 19.4 Å². The molecule has 1 fully saturated rings. The van der Waals surface area contributed by atoms with Crippen molar-refractivity contribution in [3.8, 4) is 5.75 Å². The van der Waals surface area contributed by atoms with Crippen LogP contribution in [0.4, 0.5) is 5.69 Å². The van der Waals surface area contributed by atoms with Gasteiger partial charge in [0, 0.05) is 18.7 Å². The van der Waals surface area contributed by atoms with Crippen molar-refractivity contribution >= 4 is 39.0 Å². The van der Waals surface area contributed by atoms with Crippen molar-refractivity contribution in [3.63, 3.8) is 0 Å². The first-order chi connectivity index (χ1) is 12.2. The summed E-state index contributed by atoms with van der Waals surface area (Å²) in [5.41, 5.74) is 5.96. The first-order valence-corrected chi connectivity index (χ1v) is 10.2. The van der Waals surface area contributed by atoms with Crippen molar-refractivity contribution in [3.05, 3.63) is 22.7 Å². The van der Waals surface area contributed by atoms with Crippen LogP contribution in [-0.2, 0) is 19.4 Å². The number of nitrogens with two attached hydrogens (primary N) is 1. The van der Waals surface area contributed by atoms with Crippen molar-refractivity contribution < 1.29 is 27.5 Å². The molecule has 2 rings (SSSR count). The van der Waals surface area contributed by atoms with Gasteiger partial charge < -0.3 is 20.1 Å². The number of likely N-dealkylation sites (N-methyl/N-ethyl adjacent to an activating group) is 1. The Balaban J connectivity index is 2.04. The third kappa shape index (κ3) is 4.59. The van der Waals surface area contributed by atoms with E-state index in [1.54, 1.807) is 6.92 Å². The van der Waals surface area contributed by atoms with Gasteiger partial charge in [-0.1, -0.05) is 11.6 Å². The van der Waals surface area contributed by atoms with Gasteiger partial charge in [0.25, 0.3) is 5.91 Å². The van der Waals surface area contributed by atoms with Gasteiger partial charge in [-0.3, -0.25) is 4.79 Å². The number of nitrogens with zero attached hydrogens (tertiary/aromatic N) is 1. The first kappa shape index (κ1) is 20.3. The highest BCUT2D eigenvalue weighted by Gasteiger charge is 2.34. The van der Waals surface area contributed by atoms with Crippen LogP contribution in [0.25, 0.3) is 0 Å². The molecule has 1 aliphatic rings. The number of carbonyl (C=O) groups excluding carboxylic acids is 2. The first-order valence-electron chi connectivity index (χ1n) is 7.98. The zero-order valence-electron chi connectivity index (χ0n) is 14.5. The highest BCUT2D eigenvalue weighted by molar-refractivity contribution is 7.91. The van der Waals surface area contributed by atoms with Crippen LogP contribution in [0.2, 0.25) is 5.02 Å². The maximum absolute atomic E-state index is 12.4. The molecule has 1 saturated heterocycles. The van der Waals surface area contributed by atoms with E-state index >= 15 is 0 Å². The van der Waals surface area contributed by atoms with Crippen molar-refractivity contribution in [2.24, 2.45) is 0 Å². The van der Waals surface area contributed by atoms with Gasteiger partial charge in [-0.05, 0) is 19.4 Å². The van der Waals surface area contributed by atoms with E-state index in [0.717, 1.165) is 0 Å². The minimum Gasteiger partial charge on any atom is -0.496 e. The standard InChI is InChI=1S/C16H21ClN2O6S/c1-3-19(10-4-5-26(22,23)9-10)15(20)8-25-16(21)11-6-12(17)13(18)7-14(11)24-2/h6-7,10H,3-5,8-9,18H2,1-2H3/t10-/m0/s1. The van der Waals surface area contributed by atoms with Gasteiger partial charge in [0.15, 0.2) is 16.4 Å². The van der Waals surface area contributed by atoms with E-state index in [1.165, 1.54) is 24.1 Å². The second kappa shape index (κ2) is 8.13. The molecule has 1 amide bonds. The van der Waals surface area contributed by atoms with Crippen molar-refractivity contribution in [1.82, 2.24) is 4.90 Å². The Bertz CT molecular complexity index is 811. The number of rotatable bonds is 6. The van der Waals surface area contributed by atoms with Gasteiger partial charge >= 0.3 is 5.97 Å². The van der Waals surface area contributed by atoms with Crippen molar-refractivity contribution in [1.29, 1.82) is 0 Å². The fraction of sp³-hybridized carbons (Fsp3) is 0.500. The van der Waals surface area contributed by atoms with Crippen LogP contribution in [0.15, 0.2) is 12.1 Å². The fourth-order valence-corrected chi connectivity index (χ4v) is 4.74. The van der Waals surface area contributed by atoms with Gasteiger partial charge in [0.05, 0.1) is 29.3 Å². The summed E-state index contributed by atoms with van der Waals surface area (Å²) in [7, 11) is -1.76. The molecule has 0 aliphatic carbocycles. The lowest BCUT2D eigenvalue weighted by atomic mass is 10.2. The molecule has 144 valence electrons. The number of esters is 1. The smallest absolute Gasteiger partial charge is 0.342 e. The molecule has 0 unspecified atom stereocenters. The summed E-state index contributed by atoms with van der Waals surface area (Å²) in [6.07, 6.45) is 0.386. The number of hydrogen-bond acceptors (Lipinski definition) is 7.